The lowest BCUT2D eigenvalue weighted by Crippen LogP contribution is -2.63. The molecule has 8 nitrogen and oxygen atoms in total. The smallest absolute Gasteiger partial charge is 0.227 e. The molecule has 6 N–H and O–H groups in total. The molecule has 0 radical (unpaired) electrons. The van der Waals surface area contributed by atoms with E-state index >= 15 is 0 Å². The van der Waals surface area contributed by atoms with Crippen molar-refractivity contribution in [3.05, 3.63) is 0 Å². The third kappa shape index (κ3) is 8.76. The van der Waals surface area contributed by atoms with Crippen molar-refractivity contribution in [1.29, 1.82) is 0 Å². The van der Waals surface area contributed by atoms with Gasteiger partial charge in [-0.3, -0.25) is 9.69 Å². The minimum absolute atomic E-state index is 0.0139. The predicted octanol–water partition coefficient (Wildman–Crippen LogP) is 3.49. The first-order chi connectivity index (χ1) is 18.8. The number of nitrogens with zero attached hydrogens (tertiary/aromatic N) is 1. The third-order valence-electron chi connectivity index (χ3n) is 10.1. The van der Waals surface area contributed by atoms with Crippen molar-refractivity contribution >= 4 is 17.5 Å². The van der Waals surface area contributed by atoms with Gasteiger partial charge in [0.25, 0.3) is 0 Å². The van der Waals surface area contributed by atoms with Crippen LogP contribution in [0, 0.1) is 11.3 Å². The highest BCUT2D eigenvalue weighted by molar-refractivity contribution is 6.20. The summed E-state index contributed by atoms with van der Waals surface area (Å²) in [6, 6.07) is 0.313. The normalized spacial score (nSPS) is 32.6. The average Bonchev–Trinajstić information content (AvgIpc) is 3.38. The maximum atomic E-state index is 14.1. The zero-order chi connectivity index (χ0) is 27.8. The predicted molar refractivity (Wildman–Crippen MR) is 158 cm³/mol. The van der Waals surface area contributed by atoms with Crippen molar-refractivity contribution in [2.75, 3.05) is 32.8 Å². The van der Waals surface area contributed by atoms with Crippen LogP contribution in [0.4, 0.5) is 0 Å². The number of ether oxygens (including phenoxy) is 2. The van der Waals surface area contributed by atoms with E-state index < -0.39 is 12.1 Å². The number of halogens is 1. The second-order valence-corrected chi connectivity index (χ2v) is 13.7. The zero-order valence-electron chi connectivity index (χ0n) is 24.6. The van der Waals surface area contributed by atoms with E-state index in [1.54, 1.807) is 0 Å². The maximum absolute atomic E-state index is 14.1. The van der Waals surface area contributed by atoms with Crippen molar-refractivity contribution in [2.45, 2.75) is 139 Å². The number of nitrogens with two attached hydrogens (primary N) is 2. The minimum Gasteiger partial charge on any atom is -0.381 e. The Hall–Kier alpha value is -0.480. The van der Waals surface area contributed by atoms with Crippen LogP contribution in [0.5, 0.6) is 0 Å². The van der Waals surface area contributed by atoms with E-state index in [1.807, 2.05) is 0 Å². The maximum Gasteiger partial charge on any atom is 0.227 e. The van der Waals surface area contributed by atoms with Crippen molar-refractivity contribution < 1.29 is 14.3 Å². The van der Waals surface area contributed by atoms with Gasteiger partial charge in [0.2, 0.25) is 5.91 Å². The van der Waals surface area contributed by atoms with Crippen molar-refractivity contribution in [3.8, 4) is 0 Å². The van der Waals surface area contributed by atoms with Crippen molar-refractivity contribution in [1.82, 2.24) is 15.5 Å². The van der Waals surface area contributed by atoms with E-state index in [9.17, 15) is 4.79 Å². The zero-order valence-corrected chi connectivity index (χ0v) is 25.3. The fourth-order valence-corrected chi connectivity index (χ4v) is 7.82. The van der Waals surface area contributed by atoms with E-state index in [2.05, 4.69) is 29.4 Å². The number of nitrogens with one attached hydrogen (secondary N) is 2. The molecule has 1 aliphatic carbocycles. The van der Waals surface area contributed by atoms with E-state index in [-0.39, 0.29) is 41.0 Å². The Labute approximate surface area is 242 Å². The van der Waals surface area contributed by atoms with Crippen LogP contribution in [0.15, 0.2) is 0 Å². The summed E-state index contributed by atoms with van der Waals surface area (Å²) in [4.78, 5) is 16.6. The van der Waals surface area contributed by atoms with Gasteiger partial charge in [0.15, 0.2) is 0 Å². The number of rotatable bonds is 10. The molecule has 39 heavy (non-hydrogen) atoms. The van der Waals surface area contributed by atoms with Crippen LogP contribution in [0.25, 0.3) is 0 Å². The van der Waals surface area contributed by atoms with Crippen LogP contribution in [0.1, 0.15) is 97.3 Å². The molecule has 3 heterocycles. The van der Waals surface area contributed by atoms with Crippen molar-refractivity contribution in [3.63, 3.8) is 0 Å². The van der Waals surface area contributed by atoms with Crippen LogP contribution in [-0.4, -0.2) is 85.5 Å². The Morgan fingerprint density at radius 3 is 2.62 bits per heavy atom. The number of hydrogen-bond acceptors (Lipinski definition) is 7. The number of amides is 1. The fourth-order valence-electron chi connectivity index (χ4n) is 7.62. The molecule has 4 aliphatic rings. The number of hydrogen-bond donors (Lipinski definition) is 4. The molecule has 1 saturated carbocycles. The lowest BCUT2D eigenvalue weighted by atomic mass is 9.72. The van der Waals surface area contributed by atoms with Crippen LogP contribution in [-0.2, 0) is 14.3 Å². The Bertz CT molecular complexity index is 746. The third-order valence-corrected chi connectivity index (χ3v) is 10.5. The molecule has 6 unspecified atom stereocenters. The fraction of sp³-hybridized carbons (Fsp3) is 0.967. The van der Waals surface area contributed by atoms with Gasteiger partial charge in [-0.25, -0.2) is 0 Å². The van der Waals surface area contributed by atoms with E-state index in [0.717, 1.165) is 64.8 Å². The van der Waals surface area contributed by atoms with Crippen LogP contribution in [0.2, 0.25) is 0 Å². The molecule has 9 heteroatoms. The van der Waals surface area contributed by atoms with E-state index in [1.165, 1.54) is 44.9 Å². The summed E-state index contributed by atoms with van der Waals surface area (Å²) < 4.78 is 12.2. The standard InChI is InChI=1S/C30H56ClN5O3/c1-3-4-7-21(2)36-15-9-26(39-23-10-16-38-17-11-23)25(20-36)35-29(37)27(28(32)33)24-18-30(12-5-6-13-30)14-8-22(31)19-34-24/h21-28,34H,3-20,32-33H2,1-2H3,(H,35,37). The second-order valence-electron chi connectivity index (χ2n) is 13.0. The molecular formula is C30H56ClN5O3. The van der Waals surface area contributed by atoms with Gasteiger partial charge in [0.1, 0.15) is 0 Å². The molecule has 1 amide bonds. The monoisotopic (exact) mass is 569 g/mol. The Kier molecular flexibility index (Phi) is 12.2. The first-order valence-electron chi connectivity index (χ1n) is 16.0. The highest BCUT2D eigenvalue weighted by Crippen LogP contribution is 2.47. The molecule has 1 spiro atoms. The molecule has 0 aromatic heterocycles. The van der Waals surface area contributed by atoms with Crippen molar-refractivity contribution in [2.24, 2.45) is 22.8 Å². The number of alkyl halides is 1. The van der Waals surface area contributed by atoms with Crippen LogP contribution < -0.4 is 22.1 Å². The number of carbonyl (C=O) groups is 1. The van der Waals surface area contributed by atoms with Crippen LogP contribution >= 0.6 is 11.6 Å². The highest BCUT2D eigenvalue weighted by Gasteiger charge is 2.44. The van der Waals surface area contributed by atoms with Gasteiger partial charge < -0.3 is 31.6 Å². The number of piperidine rings is 1. The SMILES string of the molecule is CCCCC(C)N1CCC(OC2CCOCC2)C(NC(=O)C(C(N)N)C2CC3(CCCC3)CCC(Cl)CN2)C1. The van der Waals surface area contributed by atoms with Gasteiger partial charge in [0.05, 0.1) is 30.3 Å². The molecular weight excluding hydrogens is 514 g/mol. The molecule has 0 aromatic carbocycles. The molecule has 4 fully saturated rings. The summed E-state index contributed by atoms with van der Waals surface area (Å²) in [6.07, 6.45) is 13.8. The largest absolute Gasteiger partial charge is 0.381 e. The van der Waals surface area contributed by atoms with Gasteiger partial charge in [0, 0.05) is 50.3 Å². The van der Waals surface area contributed by atoms with Gasteiger partial charge in [-0.2, -0.15) is 0 Å². The molecule has 3 saturated heterocycles. The number of likely N-dealkylation sites (tertiary alicyclic amines) is 1. The first kappa shape index (κ1) is 31.5. The van der Waals surface area contributed by atoms with Gasteiger partial charge in [-0.1, -0.05) is 32.6 Å². The first-order valence-corrected chi connectivity index (χ1v) is 16.4. The van der Waals surface area contributed by atoms with E-state index in [4.69, 9.17) is 32.5 Å². The summed E-state index contributed by atoms with van der Waals surface area (Å²) in [5.41, 5.74) is 13.0. The Balaban J connectivity index is 1.48. The molecule has 4 rings (SSSR count). The lowest BCUT2D eigenvalue weighted by molar-refractivity contribution is -0.134. The summed E-state index contributed by atoms with van der Waals surface area (Å²) in [7, 11) is 0. The summed E-state index contributed by atoms with van der Waals surface area (Å²) in [5, 5.41) is 7.14. The lowest BCUT2D eigenvalue weighted by Gasteiger charge is -2.44. The molecule has 226 valence electrons. The quantitative estimate of drug-likeness (QED) is 0.235. The van der Waals surface area contributed by atoms with Gasteiger partial charge >= 0.3 is 0 Å². The molecule has 0 bridgehead atoms. The Morgan fingerprint density at radius 2 is 1.92 bits per heavy atom. The van der Waals surface area contributed by atoms with Crippen LogP contribution in [0.3, 0.4) is 0 Å². The summed E-state index contributed by atoms with van der Waals surface area (Å²) in [5.74, 6) is -0.558. The topological polar surface area (TPSA) is 115 Å². The van der Waals surface area contributed by atoms with E-state index in [0.29, 0.717) is 12.6 Å². The highest BCUT2D eigenvalue weighted by atomic mass is 35.5. The number of unbranched alkanes of at least 4 members (excludes halogenated alkanes) is 1. The van der Waals surface area contributed by atoms with Gasteiger partial charge in [-0.15, -0.1) is 11.6 Å². The number of carbonyl (C=O) groups excluding carboxylic acids is 1. The molecule has 3 aliphatic heterocycles. The Morgan fingerprint density at radius 1 is 1.18 bits per heavy atom. The van der Waals surface area contributed by atoms with Gasteiger partial charge in [-0.05, 0) is 70.1 Å². The molecule has 0 aromatic rings. The average molecular weight is 570 g/mol. The molecule has 6 atom stereocenters. The summed E-state index contributed by atoms with van der Waals surface area (Å²) >= 11 is 6.68. The second kappa shape index (κ2) is 15.1. The summed E-state index contributed by atoms with van der Waals surface area (Å²) in [6.45, 7) is 8.52. The minimum atomic E-state index is -0.743.